The van der Waals surface area contributed by atoms with Gasteiger partial charge in [0.05, 0.1) is 12.7 Å². The Kier molecular flexibility index (Phi) is 7.59. The van der Waals surface area contributed by atoms with Crippen molar-refractivity contribution < 1.29 is 24.5 Å². The average Bonchev–Trinajstić information content (AvgIpc) is 3.34. The fourth-order valence-corrected chi connectivity index (χ4v) is 7.64. The number of nitrogens with zero attached hydrogens (tertiary/aromatic N) is 1. The predicted octanol–water partition coefficient (Wildman–Crippen LogP) is 3.61. The van der Waals surface area contributed by atoms with Gasteiger partial charge in [0.25, 0.3) is 0 Å². The van der Waals surface area contributed by atoms with E-state index < -0.39 is 11.5 Å². The molecule has 1 heterocycles. The molecule has 0 aromatic heterocycles. The predicted molar refractivity (Wildman–Crippen MR) is 125 cm³/mol. The lowest BCUT2D eigenvalue weighted by molar-refractivity contribution is -0.187. The summed E-state index contributed by atoms with van der Waals surface area (Å²) in [5.41, 5.74) is -0.865. The minimum Gasteiger partial charge on any atom is -0.446 e. The molecule has 0 aromatic rings. The summed E-state index contributed by atoms with van der Waals surface area (Å²) in [4.78, 5) is 27.7. The lowest BCUT2D eigenvalue weighted by Gasteiger charge is -2.60. The van der Waals surface area contributed by atoms with Crippen LogP contribution in [0.15, 0.2) is 0 Å². The van der Waals surface area contributed by atoms with Crippen LogP contribution >= 0.6 is 0 Å². The third-order valence-corrected chi connectivity index (χ3v) is 9.71. The largest absolute Gasteiger partial charge is 0.446 e. The first kappa shape index (κ1) is 24.8. The molecule has 7 heteroatoms. The quantitative estimate of drug-likeness (QED) is 0.577. The highest BCUT2D eigenvalue weighted by Crippen LogP contribution is 2.61. The average molecular weight is 465 g/mol. The van der Waals surface area contributed by atoms with E-state index in [2.05, 4.69) is 12.2 Å². The number of nitrogens with one attached hydrogen (secondary N) is 1. The highest BCUT2D eigenvalue weighted by atomic mass is 16.6. The van der Waals surface area contributed by atoms with Crippen molar-refractivity contribution in [3.05, 3.63) is 0 Å². The minimum atomic E-state index is -0.591. The Hall–Kier alpha value is -1.34. The maximum Gasteiger partial charge on any atom is 0.407 e. The summed E-state index contributed by atoms with van der Waals surface area (Å²) >= 11 is 0. The van der Waals surface area contributed by atoms with E-state index in [9.17, 15) is 19.8 Å². The van der Waals surface area contributed by atoms with E-state index in [-0.39, 0.29) is 48.0 Å². The molecule has 0 spiro atoms. The molecule has 33 heavy (non-hydrogen) atoms. The van der Waals surface area contributed by atoms with Crippen molar-refractivity contribution in [1.29, 1.82) is 0 Å². The molecule has 6 atom stereocenters. The SMILES string of the molecule is C[C@]1(CO)[C@H]2CC[C@@H](O)[C@@H](CC(=O)N3CCCC3)[C@]2(C)CC[C@H]1OC(=O)NC1CCCCC1. The van der Waals surface area contributed by atoms with Crippen molar-refractivity contribution in [2.24, 2.45) is 22.7 Å². The zero-order valence-electron chi connectivity index (χ0n) is 20.6. The first-order valence-electron chi connectivity index (χ1n) is 13.3. The zero-order chi connectivity index (χ0) is 23.6. The van der Waals surface area contributed by atoms with Gasteiger partial charge in [0, 0.05) is 31.0 Å². The maximum atomic E-state index is 13.0. The summed E-state index contributed by atoms with van der Waals surface area (Å²) in [6, 6.07) is 0.186. The molecule has 1 aliphatic heterocycles. The van der Waals surface area contributed by atoms with Crippen molar-refractivity contribution in [3.8, 4) is 0 Å². The standard InChI is InChI=1S/C26H44N2O5/c1-25-13-12-22(33-24(32)27-18-8-4-3-5-9-18)26(2,17-29)21(25)11-10-20(30)19(25)16-23(31)28-14-6-7-15-28/h18-22,29-30H,3-17H2,1-2H3,(H,27,32)/t19-,20-,21+,22-,25+,26+/m1/s1. The molecule has 4 aliphatic rings. The Morgan fingerprint density at radius 1 is 1.00 bits per heavy atom. The molecular formula is C26H44N2O5. The molecule has 3 saturated carbocycles. The smallest absolute Gasteiger partial charge is 0.407 e. The van der Waals surface area contributed by atoms with Crippen molar-refractivity contribution in [1.82, 2.24) is 10.2 Å². The number of hydrogen-bond acceptors (Lipinski definition) is 5. The molecule has 3 aliphatic carbocycles. The first-order valence-corrected chi connectivity index (χ1v) is 13.3. The van der Waals surface area contributed by atoms with Crippen LogP contribution in [0.4, 0.5) is 4.79 Å². The van der Waals surface area contributed by atoms with Crippen molar-refractivity contribution >= 4 is 12.0 Å². The summed E-state index contributed by atoms with van der Waals surface area (Å²) < 4.78 is 5.97. The molecule has 4 rings (SSSR count). The molecule has 1 saturated heterocycles. The van der Waals surface area contributed by atoms with Gasteiger partial charge in [-0.1, -0.05) is 33.1 Å². The second-order valence-electron chi connectivity index (χ2n) is 11.7. The zero-order valence-corrected chi connectivity index (χ0v) is 20.6. The van der Waals surface area contributed by atoms with Gasteiger partial charge in [-0.15, -0.1) is 0 Å². The molecule has 0 aromatic carbocycles. The van der Waals surface area contributed by atoms with Crippen LogP contribution in [-0.4, -0.2) is 65.1 Å². The number of likely N-dealkylation sites (tertiary alicyclic amines) is 1. The van der Waals surface area contributed by atoms with Crippen molar-refractivity contribution in [3.63, 3.8) is 0 Å². The Balaban J connectivity index is 1.46. The fourth-order valence-electron chi connectivity index (χ4n) is 7.64. The Morgan fingerprint density at radius 3 is 2.36 bits per heavy atom. The molecule has 2 amide bonds. The molecule has 0 unspecified atom stereocenters. The van der Waals surface area contributed by atoms with Gasteiger partial charge in [-0.2, -0.15) is 0 Å². The van der Waals surface area contributed by atoms with Crippen LogP contribution in [0.1, 0.15) is 90.9 Å². The van der Waals surface area contributed by atoms with E-state index in [1.807, 2.05) is 11.8 Å². The summed E-state index contributed by atoms with van der Waals surface area (Å²) in [6.07, 6.45) is 9.57. The maximum absolute atomic E-state index is 13.0. The number of carbonyl (C=O) groups is 2. The van der Waals surface area contributed by atoms with Crippen LogP contribution in [-0.2, 0) is 9.53 Å². The lowest BCUT2D eigenvalue weighted by atomic mass is 9.46. The van der Waals surface area contributed by atoms with E-state index >= 15 is 0 Å². The summed E-state index contributed by atoms with van der Waals surface area (Å²) in [6.45, 7) is 5.79. The highest BCUT2D eigenvalue weighted by molar-refractivity contribution is 5.77. The summed E-state index contributed by atoms with van der Waals surface area (Å²) in [5.74, 6) is 0.0950. The Bertz CT molecular complexity index is 705. The Morgan fingerprint density at radius 2 is 1.70 bits per heavy atom. The number of ether oxygens (including phenoxy) is 1. The van der Waals surface area contributed by atoms with E-state index in [1.165, 1.54) is 6.42 Å². The number of hydrogen-bond donors (Lipinski definition) is 3. The van der Waals surface area contributed by atoms with Crippen LogP contribution in [0.3, 0.4) is 0 Å². The van der Waals surface area contributed by atoms with Gasteiger partial charge in [0.1, 0.15) is 6.10 Å². The van der Waals surface area contributed by atoms with Crippen LogP contribution in [0, 0.1) is 22.7 Å². The second-order valence-corrected chi connectivity index (χ2v) is 11.7. The van der Waals surface area contributed by atoms with Gasteiger partial charge in [0.15, 0.2) is 0 Å². The Labute approximate surface area is 198 Å². The normalized spacial score (nSPS) is 39.7. The van der Waals surface area contributed by atoms with Gasteiger partial charge in [-0.05, 0) is 68.6 Å². The third-order valence-electron chi connectivity index (χ3n) is 9.71. The second kappa shape index (κ2) is 10.1. The summed E-state index contributed by atoms with van der Waals surface area (Å²) in [5, 5.41) is 24.6. The molecule has 3 N–H and O–H groups in total. The molecular weight excluding hydrogens is 420 g/mol. The van der Waals surface area contributed by atoms with Crippen LogP contribution in [0.25, 0.3) is 0 Å². The minimum absolute atomic E-state index is 0.0719. The van der Waals surface area contributed by atoms with E-state index in [1.54, 1.807) is 0 Å². The van der Waals surface area contributed by atoms with Gasteiger partial charge in [-0.3, -0.25) is 4.79 Å². The first-order chi connectivity index (χ1) is 15.8. The fraction of sp³-hybridized carbons (Fsp3) is 0.923. The molecule has 0 bridgehead atoms. The van der Waals surface area contributed by atoms with Gasteiger partial charge < -0.3 is 25.2 Å². The topological polar surface area (TPSA) is 99.1 Å². The lowest BCUT2D eigenvalue weighted by Crippen LogP contribution is -2.61. The number of carbonyl (C=O) groups excluding carboxylic acids is 2. The molecule has 188 valence electrons. The van der Waals surface area contributed by atoms with E-state index in [0.717, 1.165) is 64.5 Å². The number of amides is 2. The number of fused-ring (bicyclic) bond motifs is 1. The highest BCUT2D eigenvalue weighted by Gasteiger charge is 2.60. The van der Waals surface area contributed by atoms with Crippen molar-refractivity contribution in [2.75, 3.05) is 19.7 Å². The van der Waals surface area contributed by atoms with E-state index in [4.69, 9.17) is 4.74 Å². The van der Waals surface area contributed by atoms with Crippen LogP contribution in [0.5, 0.6) is 0 Å². The number of aliphatic hydroxyl groups is 2. The van der Waals surface area contributed by atoms with Crippen LogP contribution in [0.2, 0.25) is 0 Å². The third kappa shape index (κ3) is 4.90. The number of alkyl carbamates (subject to hydrolysis) is 1. The molecule has 7 nitrogen and oxygen atoms in total. The molecule has 0 radical (unpaired) electrons. The summed E-state index contributed by atoms with van der Waals surface area (Å²) in [7, 11) is 0. The molecule has 4 fully saturated rings. The van der Waals surface area contributed by atoms with Gasteiger partial charge in [-0.25, -0.2) is 4.79 Å². The van der Waals surface area contributed by atoms with E-state index in [0.29, 0.717) is 19.3 Å². The van der Waals surface area contributed by atoms with Gasteiger partial charge in [0.2, 0.25) is 5.91 Å². The van der Waals surface area contributed by atoms with Gasteiger partial charge >= 0.3 is 6.09 Å². The van der Waals surface area contributed by atoms with Crippen molar-refractivity contribution in [2.45, 2.75) is 109 Å². The van der Waals surface area contributed by atoms with Crippen LogP contribution < -0.4 is 5.32 Å². The number of aliphatic hydroxyl groups excluding tert-OH is 2. The number of rotatable bonds is 5. The monoisotopic (exact) mass is 464 g/mol.